The lowest BCUT2D eigenvalue weighted by Crippen LogP contribution is -2.10. The van der Waals surface area contributed by atoms with Crippen molar-refractivity contribution in [1.82, 2.24) is 9.55 Å². The van der Waals surface area contributed by atoms with Crippen LogP contribution in [0.3, 0.4) is 0 Å². The lowest BCUT2D eigenvalue weighted by molar-refractivity contribution is 0.480. The van der Waals surface area contributed by atoms with Gasteiger partial charge in [-0.1, -0.05) is 0 Å². The summed E-state index contributed by atoms with van der Waals surface area (Å²) >= 11 is 0. The van der Waals surface area contributed by atoms with Gasteiger partial charge in [0.1, 0.15) is 5.82 Å². The van der Waals surface area contributed by atoms with Crippen LogP contribution in [0.4, 0.5) is 5.69 Å². The summed E-state index contributed by atoms with van der Waals surface area (Å²) in [7, 11) is 0. The predicted octanol–water partition coefficient (Wildman–Crippen LogP) is 3.47. The lowest BCUT2D eigenvalue weighted by Gasteiger charge is -2.17. The van der Waals surface area contributed by atoms with E-state index in [0.29, 0.717) is 12.0 Å². The van der Waals surface area contributed by atoms with Gasteiger partial charge in [-0.25, -0.2) is 4.98 Å². The normalized spacial score (nSPS) is 21.4. The molecule has 2 aromatic rings. The first-order valence-electron chi connectivity index (χ1n) is 7.01. The van der Waals surface area contributed by atoms with E-state index >= 15 is 0 Å². The number of nitrogens with two attached hydrogens (primary N) is 1. The van der Waals surface area contributed by atoms with Crippen molar-refractivity contribution in [3.05, 3.63) is 24.0 Å². The molecule has 18 heavy (non-hydrogen) atoms. The highest BCUT2D eigenvalue weighted by atomic mass is 15.1. The van der Waals surface area contributed by atoms with Crippen LogP contribution in [-0.4, -0.2) is 9.55 Å². The van der Waals surface area contributed by atoms with Crippen LogP contribution in [0.5, 0.6) is 0 Å². The molecule has 2 fully saturated rings. The van der Waals surface area contributed by atoms with E-state index in [1.54, 1.807) is 0 Å². The molecule has 2 N–H and O–H groups in total. The fraction of sp³-hybridized carbons (Fsp3) is 0.533. The monoisotopic (exact) mass is 241 g/mol. The molecule has 1 heterocycles. The number of aromatic nitrogens is 2. The van der Waals surface area contributed by atoms with Crippen molar-refractivity contribution in [2.75, 3.05) is 5.73 Å². The van der Waals surface area contributed by atoms with Gasteiger partial charge in [0.2, 0.25) is 0 Å². The molecule has 1 aromatic carbocycles. The summed E-state index contributed by atoms with van der Waals surface area (Å²) in [6, 6.07) is 6.74. The Morgan fingerprint density at radius 1 is 1.28 bits per heavy atom. The smallest absolute Gasteiger partial charge is 0.113 e. The van der Waals surface area contributed by atoms with Gasteiger partial charge in [-0.05, 0) is 56.7 Å². The summed E-state index contributed by atoms with van der Waals surface area (Å²) in [5.74, 6) is 2.85. The minimum Gasteiger partial charge on any atom is -0.399 e. The molecule has 1 atom stereocenters. The minimum atomic E-state index is 0.592. The molecule has 0 bridgehead atoms. The van der Waals surface area contributed by atoms with E-state index in [1.807, 2.05) is 12.1 Å². The van der Waals surface area contributed by atoms with Crippen molar-refractivity contribution in [3.8, 4) is 0 Å². The summed E-state index contributed by atoms with van der Waals surface area (Å²) in [5, 5.41) is 0. The fourth-order valence-corrected chi connectivity index (χ4v) is 2.98. The van der Waals surface area contributed by atoms with E-state index in [0.717, 1.165) is 17.1 Å². The molecule has 2 saturated carbocycles. The second kappa shape index (κ2) is 3.50. The summed E-state index contributed by atoms with van der Waals surface area (Å²) < 4.78 is 2.49. The Morgan fingerprint density at radius 2 is 2.06 bits per heavy atom. The van der Waals surface area contributed by atoms with Gasteiger partial charge in [0.25, 0.3) is 0 Å². The zero-order chi connectivity index (χ0) is 12.3. The first-order valence-corrected chi connectivity index (χ1v) is 7.01. The molecule has 3 heteroatoms. The SMILES string of the molecule is CC(C1CC1)n1c(C2CC2)nc2cc(N)ccc21. The van der Waals surface area contributed by atoms with Crippen LogP contribution in [-0.2, 0) is 0 Å². The third kappa shape index (κ3) is 1.53. The Bertz CT molecular complexity index is 605. The summed E-state index contributed by atoms with van der Waals surface area (Å²) in [6.45, 7) is 2.35. The van der Waals surface area contributed by atoms with Crippen LogP contribution in [0, 0.1) is 5.92 Å². The molecule has 2 aliphatic carbocycles. The number of rotatable bonds is 3. The number of anilines is 1. The molecule has 0 amide bonds. The maximum atomic E-state index is 5.87. The Kier molecular flexibility index (Phi) is 2.02. The number of nitrogen functional groups attached to an aromatic ring is 1. The average molecular weight is 241 g/mol. The van der Waals surface area contributed by atoms with Gasteiger partial charge in [-0.15, -0.1) is 0 Å². The van der Waals surface area contributed by atoms with Crippen molar-refractivity contribution >= 4 is 16.7 Å². The molecule has 1 aromatic heterocycles. The molecule has 0 aliphatic heterocycles. The first-order chi connectivity index (χ1) is 8.74. The zero-order valence-electron chi connectivity index (χ0n) is 10.8. The maximum Gasteiger partial charge on any atom is 0.113 e. The molecule has 94 valence electrons. The molecule has 3 nitrogen and oxygen atoms in total. The standard InChI is InChI=1S/C15H19N3/c1-9(10-2-3-10)18-14-7-6-12(16)8-13(14)17-15(18)11-4-5-11/h6-11H,2-5,16H2,1H3. The highest BCUT2D eigenvalue weighted by molar-refractivity contribution is 5.80. The summed E-state index contributed by atoms with van der Waals surface area (Å²) in [6.07, 6.45) is 5.35. The third-order valence-electron chi connectivity index (χ3n) is 4.39. The average Bonchev–Trinajstić information content (AvgIpc) is 3.23. The Hall–Kier alpha value is -1.51. The van der Waals surface area contributed by atoms with Crippen LogP contribution in [0.2, 0.25) is 0 Å². The van der Waals surface area contributed by atoms with Crippen molar-refractivity contribution in [2.24, 2.45) is 5.92 Å². The molecular weight excluding hydrogens is 222 g/mol. The molecule has 0 spiro atoms. The minimum absolute atomic E-state index is 0.592. The number of nitrogens with zero attached hydrogens (tertiary/aromatic N) is 2. The van der Waals surface area contributed by atoms with E-state index in [2.05, 4.69) is 17.6 Å². The van der Waals surface area contributed by atoms with E-state index < -0.39 is 0 Å². The second-order valence-electron chi connectivity index (χ2n) is 5.94. The van der Waals surface area contributed by atoms with Crippen LogP contribution in [0.25, 0.3) is 11.0 Å². The number of fused-ring (bicyclic) bond motifs is 1. The van der Waals surface area contributed by atoms with Gasteiger partial charge in [-0.2, -0.15) is 0 Å². The Labute approximate surface area is 107 Å². The highest BCUT2D eigenvalue weighted by Crippen LogP contribution is 2.46. The summed E-state index contributed by atoms with van der Waals surface area (Å²) in [4.78, 5) is 4.85. The highest BCUT2D eigenvalue weighted by Gasteiger charge is 2.35. The van der Waals surface area contributed by atoms with Crippen molar-refractivity contribution in [1.29, 1.82) is 0 Å². The van der Waals surface area contributed by atoms with Crippen LogP contribution in [0.1, 0.15) is 50.4 Å². The Balaban J connectivity index is 1.92. The number of hydrogen-bond acceptors (Lipinski definition) is 2. The fourth-order valence-electron chi connectivity index (χ4n) is 2.98. The maximum absolute atomic E-state index is 5.87. The van der Waals surface area contributed by atoms with Gasteiger partial charge in [0.15, 0.2) is 0 Å². The second-order valence-corrected chi connectivity index (χ2v) is 5.94. The topological polar surface area (TPSA) is 43.8 Å². The first kappa shape index (κ1) is 10.4. The van der Waals surface area contributed by atoms with E-state index in [-0.39, 0.29) is 0 Å². The number of hydrogen-bond donors (Lipinski definition) is 1. The molecule has 0 radical (unpaired) electrons. The predicted molar refractivity (Wildman–Crippen MR) is 73.6 cm³/mol. The largest absolute Gasteiger partial charge is 0.399 e. The number of benzene rings is 1. The van der Waals surface area contributed by atoms with Crippen LogP contribution in [0.15, 0.2) is 18.2 Å². The van der Waals surface area contributed by atoms with Crippen LogP contribution < -0.4 is 5.73 Å². The van der Waals surface area contributed by atoms with Crippen molar-refractivity contribution in [2.45, 2.75) is 44.6 Å². The Morgan fingerprint density at radius 3 is 2.72 bits per heavy atom. The molecule has 4 rings (SSSR count). The quantitative estimate of drug-likeness (QED) is 0.836. The van der Waals surface area contributed by atoms with E-state index in [9.17, 15) is 0 Å². The molecule has 2 aliphatic rings. The molecule has 0 saturated heterocycles. The zero-order valence-corrected chi connectivity index (χ0v) is 10.8. The molecular formula is C15H19N3. The van der Waals surface area contributed by atoms with Crippen molar-refractivity contribution < 1.29 is 0 Å². The number of imidazole rings is 1. The van der Waals surface area contributed by atoms with Crippen LogP contribution >= 0.6 is 0 Å². The van der Waals surface area contributed by atoms with Crippen molar-refractivity contribution in [3.63, 3.8) is 0 Å². The van der Waals surface area contributed by atoms with E-state index in [1.165, 1.54) is 37.0 Å². The van der Waals surface area contributed by atoms with Gasteiger partial charge in [0.05, 0.1) is 11.0 Å². The van der Waals surface area contributed by atoms with Gasteiger partial charge in [-0.3, -0.25) is 0 Å². The van der Waals surface area contributed by atoms with Gasteiger partial charge >= 0.3 is 0 Å². The van der Waals surface area contributed by atoms with Gasteiger partial charge < -0.3 is 10.3 Å². The van der Waals surface area contributed by atoms with E-state index in [4.69, 9.17) is 10.7 Å². The van der Waals surface area contributed by atoms with Gasteiger partial charge in [0, 0.05) is 17.6 Å². The molecule has 1 unspecified atom stereocenters. The summed E-state index contributed by atoms with van der Waals surface area (Å²) in [5.41, 5.74) is 9.03. The lowest BCUT2D eigenvalue weighted by atomic mass is 10.2. The third-order valence-corrected chi connectivity index (χ3v) is 4.39.